The number of aryl methyl sites for hydroxylation is 1. The smallest absolute Gasteiger partial charge is 0.171 e. The summed E-state index contributed by atoms with van der Waals surface area (Å²) in [7, 11) is 0. The molecular weight excluding hydrogens is 284 g/mol. The van der Waals surface area contributed by atoms with Crippen molar-refractivity contribution in [3.8, 4) is 30.3 Å². The molecule has 3 rings (SSSR count). The Labute approximate surface area is 116 Å². The van der Waals surface area contributed by atoms with Gasteiger partial charge in [-0.15, -0.1) is 11.3 Å². The fourth-order valence-electron chi connectivity index (χ4n) is 1.86. The molecule has 0 saturated carbocycles. The average molecular weight is 294 g/mol. The summed E-state index contributed by atoms with van der Waals surface area (Å²) in [4.78, 5) is 3.30. The third-order valence-electron chi connectivity index (χ3n) is 2.63. The van der Waals surface area contributed by atoms with Crippen LogP contribution in [0.4, 0.5) is 0 Å². The molecule has 0 aliphatic rings. The lowest BCUT2D eigenvalue weighted by Crippen LogP contribution is -1.74. The monoisotopic (exact) mass is 294 g/mol. The first-order chi connectivity index (χ1) is 8.65. The van der Waals surface area contributed by atoms with Crippen LogP contribution in [-0.2, 0) is 0 Å². The van der Waals surface area contributed by atoms with Gasteiger partial charge in [0.25, 0.3) is 0 Å². The second-order valence-electron chi connectivity index (χ2n) is 3.90. The highest BCUT2D eigenvalue weighted by molar-refractivity contribution is 7.23. The van der Waals surface area contributed by atoms with Crippen molar-refractivity contribution in [2.24, 2.45) is 0 Å². The summed E-state index contributed by atoms with van der Waals surface area (Å²) in [6, 6.07) is 7.49. The molecule has 18 heavy (non-hydrogen) atoms. The Hall–Kier alpha value is -1.30. The fourth-order valence-corrected chi connectivity index (χ4v) is 4.66. The molecule has 0 aromatic carbocycles. The molecule has 0 amide bonds. The Balaban J connectivity index is 2.15. The molecule has 0 saturated heterocycles. The standard InChI is InChI=1S/C13H10O2S3/c1-7-6-11(15)18-12(7)8-4-5-16-13(8)9-2-3-10(14)17-9/h2-6,14-15H,1H3. The largest absolute Gasteiger partial charge is 0.499 e. The number of thiophene rings is 3. The Morgan fingerprint density at radius 1 is 0.944 bits per heavy atom. The van der Waals surface area contributed by atoms with Crippen LogP contribution in [0, 0.1) is 6.92 Å². The summed E-state index contributed by atoms with van der Waals surface area (Å²) in [6.07, 6.45) is 0. The molecule has 5 heteroatoms. The highest BCUT2D eigenvalue weighted by atomic mass is 32.1. The fraction of sp³-hybridized carbons (Fsp3) is 0.0769. The van der Waals surface area contributed by atoms with Gasteiger partial charge in [0.05, 0.1) is 4.88 Å². The zero-order chi connectivity index (χ0) is 12.7. The van der Waals surface area contributed by atoms with E-state index in [4.69, 9.17) is 0 Å². The first-order valence-corrected chi connectivity index (χ1v) is 7.83. The third kappa shape index (κ3) is 1.94. The molecule has 0 atom stereocenters. The Morgan fingerprint density at radius 2 is 1.78 bits per heavy atom. The van der Waals surface area contributed by atoms with Crippen molar-refractivity contribution >= 4 is 34.0 Å². The van der Waals surface area contributed by atoms with Gasteiger partial charge in [0, 0.05) is 15.3 Å². The molecule has 3 heterocycles. The van der Waals surface area contributed by atoms with Crippen LogP contribution in [0.1, 0.15) is 5.56 Å². The molecule has 2 N–H and O–H groups in total. The van der Waals surface area contributed by atoms with Crippen molar-refractivity contribution in [2.75, 3.05) is 0 Å². The van der Waals surface area contributed by atoms with Gasteiger partial charge in [0.2, 0.25) is 0 Å². The molecule has 0 radical (unpaired) electrons. The van der Waals surface area contributed by atoms with Crippen molar-refractivity contribution in [3.63, 3.8) is 0 Å². The second-order valence-corrected chi connectivity index (χ2v) is 6.91. The molecule has 3 aromatic heterocycles. The molecule has 0 unspecified atom stereocenters. The summed E-state index contributed by atoms with van der Waals surface area (Å²) in [5.41, 5.74) is 2.21. The maximum atomic E-state index is 9.58. The summed E-state index contributed by atoms with van der Waals surface area (Å²) < 4.78 is 0. The maximum absolute atomic E-state index is 9.58. The van der Waals surface area contributed by atoms with Crippen molar-refractivity contribution < 1.29 is 10.2 Å². The van der Waals surface area contributed by atoms with Gasteiger partial charge in [-0.3, -0.25) is 0 Å². The number of hydrogen-bond donors (Lipinski definition) is 2. The highest BCUT2D eigenvalue weighted by Crippen LogP contribution is 2.45. The zero-order valence-corrected chi connectivity index (χ0v) is 12.0. The van der Waals surface area contributed by atoms with Gasteiger partial charge < -0.3 is 10.2 Å². The number of aromatic hydroxyl groups is 2. The second kappa shape index (κ2) is 4.42. The molecule has 3 aromatic rings. The van der Waals surface area contributed by atoms with Crippen LogP contribution in [-0.4, -0.2) is 10.2 Å². The summed E-state index contributed by atoms with van der Waals surface area (Å²) >= 11 is 4.42. The van der Waals surface area contributed by atoms with E-state index >= 15 is 0 Å². The Bertz CT molecular complexity index is 691. The molecule has 0 fully saturated rings. The lowest BCUT2D eigenvalue weighted by atomic mass is 10.1. The van der Waals surface area contributed by atoms with E-state index in [1.54, 1.807) is 23.5 Å². The highest BCUT2D eigenvalue weighted by Gasteiger charge is 2.15. The van der Waals surface area contributed by atoms with Crippen LogP contribution in [0.2, 0.25) is 0 Å². The first-order valence-electron chi connectivity index (χ1n) is 5.31. The van der Waals surface area contributed by atoms with Crippen molar-refractivity contribution in [2.45, 2.75) is 6.92 Å². The van der Waals surface area contributed by atoms with E-state index in [2.05, 4.69) is 6.07 Å². The van der Waals surface area contributed by atoms with Gasteiger partial charge in [0.15, 0.2) is 10.1 Å². The third-order valence-corrected chi connectivity index (χ3v) is 5.69. The van der Waals surface area contributed by atoms with Gasteiger partial charge in [-0.2, -0.15) is 0 Å². The quantitative estimate of drug-likeness (QED) is 0.704. The normalized spacial score (nSPS) is 10.9. The van der Waals surface area contributed by atoms with Gasteiger partial charge >= 0.3 is 0 Å². The van der Waals surface area contributed by atoms with Gasteiger partial charge in [-0.25, -0.2) is 0 Å². The predicted octanol–water partition coefficient (Wildman–Crippen LogP) is 4.92. The molecule has 92 valence electrons. The number of hydrogen-bond acceptors (Lipinski definition) is 5. The van der Waals surface area contributed by atoms with Crippen molar-refractivity contribution in [1.82, 2.24) is 0 Å². The lowest BCUT2D eigenvalue weighted by Gasteiger charge is -2.00. The minimum absolute atomic E-state index is 0.329. The van der Waals surface area contributed by atoms with Crippen LogP contribution in [0.15, 0.2) is 29.6 Å². The molecule has 2 nitrogen and oxygen atoms in total. The van der Waals surface area contributed by atoms with E-state index in [-0.39, 0.29) is 0 Å². The van der Waals surface area contributed by atoms with Crippen LogP contribution >= 0.6 is 34.0 Å². The van der Waals surface area contributed by atoms with Crippen LogP contribution in [0.5, 0.6) is 10.1 Å². The Morgan fingerprint density at radius 3 is 2.39 bits per heavy atom. The van der Waals surface area contributed by atoms with E-state index in [1.807, 2.05) is 18.4 Å². The predicted molar refractivity (Wildman–Crippen MR) is 79.0 cm³/mol. The SMILES string of the molecule is Cc1cc(O)sc1-c1ccsc1-c1ccc(O)s1. The lowest BCUT2D eigenvalue weighted by molar-refractivity contribution is 0.490. The summed E-state index contributed by atoms with van der Waals surface area (Å²) in [5, 5.41) is 21.8. The molecule has 0 spiro atoms. The van der Waals surface area contributed by atoms with E-state index < -0.39 is 0 Å². The zero-order valence-electron chi connectivity index (χ0n) is 9.51. The van der Waals surface area contributed by atoms with Gasteiger partial charge in [-0.1, -0.05) is 22.7 Å². The van der Waals surface area contributed by atoms with Gasteiger partial charge in [0.1, 0.15) is 0 Å². The molecular formula is C13H10O2S3. The number of rotatable bonds is 2. The van der Waals surface area contributed by atoms with Crippen molar-refractivity contribution in [3.05, 3.63) is 35.2 Å². The first kappa shape index (κ1) is 11.8. The minimum atomic E-state index is 0.329. The van der Waals surface area contributed by atoms with Crippen LogP contribution in [0.3, 0.4) is 0 Å². The summed E-state index contributed by atoms with van der Waals surface area (Å²) in [5.74, 6) is 0. The van der Waals surface area contributed by atoms with Crippen LogP contribution in [0.25, 0.3) is 20.2 Å². The van der Waals surface area contributed by atoms with E-state index in [0.717, 1.165) is 25.8 Å². The maximum Gasteiger partial charge on any atom is 0.171 e. The molecule has 0 bridgehead atoms. The van der Waals surface area contributed by atoms with E-state index in [9.17, 15) is 10.2 Å². The van der Waals surface area contributed by atoms with E-state index in [0.29, 0.717) is 10.1 Å². The minimum Gasteiger partial charge on any atom is -0.499 e. The topological polar surface area (TPSA) is 40.5 Å². The van der Waals surface area contributed by atoms with E-state index in [1.165, 1.54) is 22.7 Å². The average Bonchev–Trinajstić information content (AvgIpc) is 2.98. The molecule has 0 aliphatic carbocycles. The van der Waals surface area contributed by atoms with Crippen LogP contribution < -0.4 is 0 Å². The summed E-state index contributed by atoms with van der Waals surface area (Å²) in [6.45, 7) is 2.00. The van der Waals surface area contributed by atoms with Crippen molar-refractivity contribution in [1.29, 1.82) is 0 Å². The van der Waals surface area contributed by atoms with Gasteiger partial charge in [-0.05, 0) is 42.1 Å². The molecule has 0 aliphatic heterocycles. The Kier molecular flexibility index (Phi) is 2.89.